The van der Waals surface area contributed by atoms with Crippen molar-refractivity contribution < 1.29 is 49.0 Å². The van der Waals surface area contributed by atoms with Gasteiger partial charge in [-0.3, -0.25) is 0 Å². The standard InChI is InChI=1S/C72H42F9NO2/c1-3-41-13-27-49(28-14-41)83-51-31-17-43(18-32-51)71(65-61(74)39-63(76)67(78)69(65)80)57-11-7-5-9-53(57)55-35-25-47(37-59(55)71)82(46-23-21-45(73)22-24-46)48-26-36-56-54-10-6-8-12-58(54)72(60(56)38-48,66-62(75)40-64(77)68(79)70(66)81)44-19-33-52(34-20-44)84-50-29-15-42(4-2)16-30-50/h3-40H,1-2H2. The van der Waals surface area contributed by atoms with Crippen LogP contribution in [0.4, 0.5) is 56.6 Å². The summed E-state index contributed by atoms with van der Waals surface area (Å²) in [4.78, 5) is 1.68. The van der Waals surface area contributed by atoms with E-state index in [0.717, 1.165) is 11.1 Å². The van der Waals surface area contributed by atoms with Crippen molar-refractivity contribution in [3.8, 4) is 45.3 Å². The van der Waals surface area contributed by atoms with Gasteiger partial charge in [0.25, 0.3) is 0 Å². The van der Waals surface area contributed by atoms with E-state index in [1.165, 1.54) is 24.3 Å². The van der Waals surface area contributed by atoms with Crippen LogP contribution in [0.3, 0.4) is 0 Å². The Morgan fingerprint density at radius 3 is 1.05 bits per heavy atom. The van der Waals surface area contributed by atoms with Crippen molar-refractivity contribution in [2.75, 3.05) is 4.90 Å². The molecule has 2 atom stereocenters. The van der Waals surface area contributed by atoms with E-state index in [-0.39, 0.29) is 33.6 Å². The fraction of sp³-hybridized carbons (Fsp3) is 0.0278. The maximum absolute atomic E-state index is 17.2. The molecule has 0 amide bonds. The van der Waals surface area contributed by atoms with E-state index >= 15 is 39.5 Å². The van der Waals surface area contributed by atoms with E-state index in [4.69, 9.17) is 9.47 Å². The number of ether oxygens (including phenoxy) is 2. The summed E-state index contributed by atoms with van der Waals surface area (Å²) in [5.41, 5.74) is 0.318. The molecule has 2 aliphatic rings. The fourth-order valence-corrected chi connectivity index (χ4v) is 12.3. The van der Waals surface area contributed by atoms with Crippen LogP contribution in [-0.4, -0.2) is 0 Å². The first-order chi connectivity index (χ1) is 40.7. The molecule has 3 nitrogen and oxygen atoms in total. The number of nitrogens with zero attached hydrogens (tertiary/aromatic N) is 1. The van der Waals surface area contributed by atoms with Crippen molar-refractivity contribution in [3.05, 3.63) is 340 Å². The van der Waals surface area contributed by atoms with E-state index in [2.05, 4.69) is 13.2 Å². The lowest BCUT2D eigenvalue weighted by Gasteiger charge is -2.36. The third-order valence-electron chi connectivity index (χ3n) is 15.9. The minimum absolute atomic E-state index is 0.221. The third kappa shape index (κ3) is 8.30. The molecular formula is C72H42F9NO2. The van der Waals surface area contributed by atoms with Gasteiger partial charge < -0.3 is 14.4 Å². The largest absolute Gasteiger partial charge is 0.457 e. The van der Waals surface area contributed by atoms with Crippen LogP contribution in [0.25, 0.3) is 34.4 Å². The van der Waals surface area contributed by atoms with Gasteiger partial charge in [0, 0.05) is 40.3 Å². The highest BCUT2D eigenvalue weighted by atomic mass is 19.2. The van der Waals surface area contributed by atoms with Crippen molar-refractivity contribution >= 4 is 29.2 Å². The van der Waals surface area contributed by atoms with Crippen molar-refractivity contribution in [1.29, 1.82) is 0 Å². The molecule has 0 bridgehead atoms. The van der Waals surface area contributed by atoms with E-state index in [1.807, 2.05) is 24.3 Å². The molecule has 410 valence electrons. The molecule has 2 unspecified atom stereocenters. The van der Waals surface area contributed by atoms with Crippen LogP contribution >= 0.6 is 0 Å². The van der Waals surface area contributed by atoms with Gasteiger partial charge in [0.05, 0.1) is 10.8 Å². The van der Waals surface area contributed by atoms with Crippen LogP contribution in [0.2, 0.25) is 0 Å². The van der Waals surface area contributed by atoms with E-state index in [1.54, 1.807) is 175 Å². The number of rotatable bonds is 13. The molecule has 0 fully saturated rings. The van der Waals surface area contributed by atoms with Gasteiger partial charge in [-0.1, -0.05) is 135 Å². The van der Waals surface area contributed by atoms with Crippen molar-refractivity contribution in [2.45, 2.75) is 10.8 Å². The number of fused-ring (bicyclic) bond motifs is 6. The Hall–Kier alpha value is -10.3. The average Bonchev–Trinajstić information content (AvgIpc) is 1.53. The smallest absolute Gasteiger partial charge is 0.194 e. The highest BCUT2D eigenvalue weighted by Gasteiger charge is 2.52. The molecule has 13 rings (SSSR count). The van der Waals surface area contributed by atoms with Crippen LogP contribution in [0.15, 0.2) is 232 Å². The lowest BCUT2D eigenvalue weighted by Crippen LogP contribution is -2.32. The van der Waals surface area contributed by atoms with Crippen molar-refractivity contribution in [3.63, 3.8) is 0 Å². The summed E-state index contributed by atoms with van der Waals surface area (Å²) in [6.45, 7) is 7.59. The Labute approximate surface area is 476 Å². The summed E-state index contributed by atoms with van der Waals surface area (Å²) in [5, 5.41) is 0. The summed E-state index contributed by atoms with van der Waals surface area (Å²) in [5.74, 6) is -12.6. The van der Waals surface area contributed by atoms with Crippen LogP contribution < -0.4 is 14.4 Å². The van der Waals surface area contributed by atoms with Crippen molar-refractivity contribution in [1.82, 2.24) is 0 Å². The van der Waals surface area contributed by atoms with Crippen molar-refractivity contribution in [2.24, 2.45) is 0 Å². The van der Waals surface area contributed by atoms with E-state index < -0.39 is 74.3 Å². The van der Waals surface area contributed by atoms with Gasteiger partial charge in [-0.25, -0.2) is 39.5 Å². The van der Waals surface area contributed by atoms with Gasteiger partial charge in [0.2, 0.25) is 0 Å². The number of benzene rings is 11. The van der Waals surface area contributed by atoms with Gasteiger partial charge in [-0.2, -0.15) is 0 Å². The van der Waals surface area contributed by atoms with Gasteiger partial charge >= 0.3 is 0 Å². The predicted molar refractivity (Wildman–Crippen MR) is 309 cm³/mol. The Balaban J connectivity index is 1.04. The molecular weight excluding hydrogens is 1080 g/mol. The Morgan fingerprint density at radius 1 is 0.321 bits per heavy atom. The molecule has 0 aliphatic heterocycles. The molecule has 0 radical (unpaired) electrons. The third-order valence-corrected chi connectivity index (χ3v) is 15.9. The van der Waals surface area contributed by atoms with Gasteiger partial charge in [0.15, 0.2) is 34.9 Å². The molecule has 2 aliphatic carbocycles. The summed E-state index contributed by atoms with van der Waals surface area (Å²) in [6.07, 6.45) is 3.36. The first-order valence-electron chi connectivity index (χ1n) is 26.5. The SMILES string of the molecule is C=Cc1ccc(Oc2ccc(C3(c4c(F)cc(F)c(F)c4F)c4ccccc4-c4ccc(N(c5ccc(F)cc5)c5ccc6c(c5)C(c5ccc(Oc7ccc(C=C)cc7)cc5)(c5c(F)cc(F)c(F)c5F)c5ccccc5-6)cc43)cc2)cc1. The Morgan fingerprint density at radius 2 is 0.667 bits per heavy atom. The second-order valence-corrected chi connectivity index (χ2v) is 20.3. The maximum Gasteiger partial charge on any atom is 0.194 e. The minimum Gasteiger partial charge on any atom is -0.457 e. The van der Waals surface area contributed by atoms with Crippen LogP contribution in [-0.2, 0) is 10.8 Å². The van der Waals surface area contributed by atoms with Crippen LogP contribution in [0.1, 0.15) is 55.6 Å². The van der Waals surface area contributed by atoms with Crippen LogP contribution in [0, 0.1) is 52.4 Å². The molecule has 11 aromatic carbocycles. The molecule has 0 spiro atoms. The monoisotopic (exact) mass is 1120 g/mol. The Kier molecular flexibility index (Phi) is 13.0. The minimum atomic E-state index is -2.06. The summed E-state index contributed by atoms with van der Waals surface area (Å²) in [6, 6.07) is 56.8. The highest BCUT2D eigenvalue weighted by Crippen LogP contribution is 2.61. The average molecular weight is 1120 g/mol. The molecule has 0 saturated carbocycles. The molecule has 11 aromatic rings. The molecule has 0 saturated heterocycles. The van der Waals surface area contributed by atoms with Gasteiger partial charge in [-0.05, 0) is 164 Å². The molecule has 0 aromatic heterocycles. The summed E-state index contributed by atoms with van der Waals surface area (Å²) >= 11 is 0. The zero-order valence-electron chi connectivity index (χ0n) is 44.0. The number of anilines is 3. The fourth-order valence-electron chi connectivity index (χ4n) is 12.3. The van der Waals surface area contributed by atoms with Gasteiger partial charge in [-0.15, -0.1) is 0 Å². The second-order valence-electron chi connectivity index (χ2n) is 20.3. The summed E-state index contributed by atoms with van der Waals surface area (Å²) in [7, 11) is 0. The zero-order chi connectivity index (χ0) is 58.2. The Bertz CT molecular complexity index is 4190. The first kappa shape index (κ1) is 53.0. The number of hydrogen-bond donors (Lipinski definition) is 0. The maximum atomic E-state index is 17.2. The lowest BCUT2D eigenvalue weighted by molar-refractivity contribution is 0.416. The topological polar surface area (TPSA) is 21.7 Å². The molecule has 84 heavy (non-hydrogen) atoms. The molecule has 0 heterocycles. The van der Waals surface area contributed by atoms with E-state index in [0.29, 0.717) is 74.2 Å². The first-order valence-corrected chi connectivity index (χ1v) is 26.5. The summed E-state index contributed by atoms with van der Waals surface area (Å²) < 4.78 is 158. The zero-order valence-corrected chi connectivity index (χ0v) is 44.0. The van der Waals surface area contributed by atoms with E-state index in [9.17, 15) is 0 Å². The number of halogens is 9. The molecule has 0 N–H and O–H groups in total. The number of hydrogen-bond acceptors (Lipinski definition) is 3. The second kappa shape index (κ2) is 20.6. The highest BCUT2D eigenvalue weighted by molar-refractivity contribution is 5.92. The van der Waals surface area contributed by atoms with Gasteiger partial charge in [0.1, 0.15) is 40.4 Å². The predicted octanol–water partition coefficient (Wildman–Crippen LogP) is 20.0. The molecule has 12 heteroatoms. The van der Waals surface area contributed by atoms with Crippen LogP contribution in [0.5, 0.6) is 23.0 Å². The normalized spacial score (nSPS) is 15.4. The quantitative estimate of drug-likeness (QED) is 0.0652. The lowest BCUT2D eigenvalue weighted by atomic mass is 9.67.